The number of nitrogens with one attached hydrogen (secondary N) is 1. The Labute approximate surface area is 148 Å². The van der Waals surface area contributed by atoms with Gasteiger partial charge >= 0.3 is 0 Å². The van der Waals surface area contributed by atoms with E-state index >= 15 is 0 Å². The number of sulfonamides is 1. The molecule has 0 aliphatic carbocycles. The fourth-order valence-corrected chi connectivity index (χ4v) is 3.71. The largest absolute Gasteiger partial charge is 0.380 e. The average molecular weight is 362 g/mol. The highest BCUT2D eigenvalue weighted by Crippen LogP contribution is 2.21. The van der Waals surface area contributed by atoms with E-state index in [0.29, 0.717) is 18.0 Å². The van der Waals surface area contributed by atoms with Crippen molar-refractivity contribution < 1.29 is 17.9 Å². The average Bonchev–Trinajstić information content (AvgIpc) is 2.55. The van der Waals surface area contributed by atoms with Crippen LogP contribution in [0.5, 0.6) is 0 Å². The molecular weight excluding hydrogens is 340 g/mol. The van der Waals surface area contributed by atoms with Crippen LogP contribution in [0, 0.1) is 0 Å². The van der Waals surface area contributed by atoms with E-state index in [1.54, 1.807) is 62.6 Å². The molecule has 0 saturated heterocycles. The number of rotatable bonds is 7. The normalized spacial score (nSPS) is 12.4. The summed E-state index contributed by atoms with van der Waals surface area (Å²) in [6, 6.07) is 14.9. The van der Waals surface area contributed by atoms with E-state index in [9.17, 15) is 13.2 Å². The van der Waals surface area contributed by atoms with Gasteiger partial charge < -0.3 is 10.1 Å². The lowest BCUT2D eigenvalue weighted by molar-refractivity contribution is -0.116. The number of para-hydroxylation sites is 1. The van der Waals surface area contributed by atoms with Gasteiger partial charge in [-0.25, -0.2) is 8.42 Å². The van der Waals surface area contributed by atoms with Crippen LogP contribution in [0.25, 0.3) is 0 Å². The molecule has 0 bridgehead atoms. The van der Waals surface area contributed by atoms with Crippen molar-refractivity contribution in [3.63, 3.8) is 0 Å². The van der Waals surface area contributed by atoms with Gasteiger partial charge in [0.2, 0.25) is 15.9 Å². The molecule has 25 heavy (non-hydrogen) atoms. The van der Waals surface area contributed by atoms with Crippen molar-refractivity contribution in [1.29, 1.82) is 0 Å². The summed E-state index contributed by atoms with van der Waals surface area (Å²) in [6.45, 7) is 1.99. The maximum Gasteiger partial charge on any atom is 0.247 e. The van der Waals surface area contributed by atoms with Crippen LogP contribution in [0.1, 0.15) is 12.5 Å². The Morgan fingerprint density at radius 1 is 1.16 bits per heavy atom. The molecule has 0 aliphatic rings. The van der Waals surface area contributed by atoms with Gasteiger partial charge in [-0.2, -0.15) is 0 Å². The lowest BCUT2D eigenvalue weighted by Gasteiger charge is -2.28. The zero-order chi connectivity index (χ0) is 18.4. The number of carbonyl (C=O) groups is 1. The van der Waals surface area contributed by atoms with Crippen LogP contribution in [-0.2, 0) is 26.2 Å². The predicted molar refractivity (Wildman–Crippen MR) is 99.0 cm³/mol. The molecule has 1 amide bonds. The molecule has 2 rings (SSSR count). The van der Waals surface area contributed by atoms with Gasteiger partial charge in [-0.3, -0.25) is 9.10 Å². The molecule has 0 spiro atoms. The molecular formula is C18H22N2O4S. The van der Waals surface area contributed by atoms with Gasteiger partial charge in [-0.1, -0.05) is 30.3 Å². The SMILES string of the molecule is COCc1cccc(NC(=O)[C@@H](C)N(c2ccccc2)S(C)(=O)=O)c1. The number of methoxy groups -OCH3 is 1. The van der Waals surface area contributed by atoms with Crippen LogP contribution in [0.15, 0.2) is 54.6 Å². The van der Waals surface area contributed by atoms with Gasteiger partial charge in [0.15, 0.2) is 0 Å². The third-order valence-corrected chi connectivity index (χ3v) is 4.85. The Morgan fingerprint density at radius 2 is 1.84 bits per heavy atom. The molecule has 1 atom stereocenters. The van der Waals surface area contributed by atoms with E-state index in [1.807, 2.05) is 6.07 Å². The third-order valence-electron chi connectivity index (χ3n) is 3.60. The van der Waals surface area contributed by atoms with E-state index in [1.165, 1.54) is 0 Å². The van der Waals surface area contributed by atoms with Crippen molar-refractivity contribution in [3.8, 4) is 0 Å². The predicted octanol–water partition coefficient (Wildman–Crippen LogP) is 2.63. The van der Waals surface area contributed by atoms with Crippen LogP contribution in [0.3, 0.4) is 0 Å². The molecule has 134 valence electrons. The maximum absolute atomic E-state index is 12.6. The fourth-order valence-electron chi connectivity index (χ4n) is 2.54. The number of hydrogen-bond acceptors (Lipinski definition) is 4. The number of hydrogen-bond donors (Lipinski definition) is 1. The highest BCUT2D eigenvalue weighted by molar-refractivity contribution is 7.92. The van der Waals surface area contributed by atoms with E-state index < -0.39 is 22.0 Å². The summed E-state index contributed by atoms with van der Waals surface area (Å²) in [5.74, 6) is -0.413. The number of carbonyl (C=O) groups excluding carboxylic acids is 1. The molecule has 0 saturated carbocycles. The molecule has 0 unspecified atom stereocenters. The first kappa shape index (κ1) is 19.0. The molecule has 0 aliphatic heterocycles. The van der Waals surface area contributed by atoms with Gasteiger partial charge in [0.1, 0.15) is 6.04 Å². The van der Waals surface area contributed by atoms with Crippen LogP contribution in [0.4, 0.5) is 11.4 Å². The van der Waals surface area contributed by atoms with Crippen molar-refractivity contribution in [2.24, 2.45) is 0 Å². The Kier molecular flexibility index (Phi) is 6.17. The zero-order valence-electron chi connectivity index (χ0n) is 14.5. The summed E-state index contributed by atoms with van der Waals surface area (Å²) in [5.41, 5.74) is 1.95. The highest BCUT2D eigenvalue weighted by Gasteiger charge is 2.29. The Morgan fingerprint density at radius 3 is 2.44 bits per heavy atom. The number of nitrogens with zero attached hydrogens (tertiary/aromatic N) is 1. The Hall–Kier alpha value is -2.38. The molecule has 2 aromatic rings. The quantitative estimate of drug-likeness (QED) is 0.821. The van der Waals surface area contributed by atoms with E-state index in [0.717, 1.165) is 16.1 Å². The second-order valence-corrected chi connectivity index (χ2v) is 7.55. The molecule has 0 aromatic heterocycles. The number of anilines is 2. The van der Waals surface area contributed by atoms with Crippen molar-refractivity contribution in [3.05, 3.63) is 60.2 Å². The highest BCUT2D eigenvalue weighted by atomic mass is 32.2. The first-order chi connectivity index (χ1) is 11.8. The monoisotopic (exact) mass is 362 g/mol. The van der Waals surface area contributed by atoms with Gasteiger partial charge in [-0.05, 0) is 36.8 Å². The van der Waals surface area contributed by atoms with Crippen molar-refractivity contribution in [1.82, 2.24) is 0 Å². The molecule has 6 nitrogen and oxygen atoms in total. The van der Waals surface area contributed by atoms with Gasteiger partial charge in [-0.15, -0.1) is 0 Å². The molecule has 2 aromatic carbocycles. The topological polar surface area (TPSA) is 75.7 Å². The Bertz CT molecular complexity index is 822. The lowest BCUT2D eigenvalue weighted by atomic mass is 10.2. The molecule has 0 radical (unpaired) electrons. The number of benzene rings is 2. The molecule has 1 N–H and O–H groups in total. The smallest absolute Gasteiger partial charge is 0.247 e. The van der Waals surface area contributed by atoms with E-state index in [2.05, 4.69) is 5.32 Å². The minimum atomic E-state index is -3.62. The molecule has 7 heteroatoms. The summed E-state index contributed by atoms with van der Waals surface area (Å²) in [7, 11) is -2.02. The van der Waals surface area contributed by atoms with Crippen LogP contribution in [-0.4, -0.2) is 33.7 Å². The zero-order valence-corrected chi connectivity index (χ0v) is 15.3. The van der Waals surface area contributed by atoms with Gasteiger partial charge in [0, 0.05) is 12.8 Å². The summed E-state index contributed by atoms with van der Waals surface area (Å²) in [5, 5.41) is 2.76. The number of ether oxygens (including phenoxy) is 1. The first-order valence-electron chi connectivity index (χ1n) is 7.76. The second-order valence-electron chi connectivity index (χ2n) is 5.69. The summed E-state index contributed by atoms with van der Waals surface area (Å²) in [4.78, 5) is 12.6. The minimum absolute atomic E-state index is 0.413. The summed E-state index contributed by atoms with van der Waals surface area (Å²) >= 11 is 0. The van der Waals surface area contributed by atoms with Gasteiger partial charge in [0.25, 0.3) is 0 Å². The van der Waals surface area contributed by atoms with E-state index in [-0.39, 0.29) is 0 Å². The van der Waals surface area contributed by atoms with Crippen molar-refractivity contribution in [2.45, 2.75) is 19.6 Å². The van der Waals surface area contributed by atoms with Crippen molar-refractivity contribution in [2.75, 3.05) is 23.0 Å². The Balaban J connectivity index is 2.23. The number of amides is 1. The van der Waals surface area contributed by atoms with E-state index in [4.69, 9.17) is 4.74 Å². The minimum Gasteiger partial charge on any atom is -0.380 e. The second kappa shape index (κ2) is 8.13. The standard InChI is InChI=1S/C18H22N2O4S/c1-14(20(25(3,22)23)17-10-5-4-6-11-17)18(21)19-16-9-7-8-15(12-16)13-24-2/h4-12,14H,13H2,1-3H3,(H,19,21)/t14-/m1/s1. The van der Waals surface area contributed by atoms with Crippen LogP contribution < -0.4 is 9.62 Å². The first-order valence-corrected chi connectivity index (χ1v) is 9.61. The van der Waals surface area contributed by atoms with Crippen LogP contribution in [0.2, 0.25) is 0 Å². The molecule has 0 heterocycles. The maximum atomic E-state index is 12.6. The summed E-state index contributed by atoms with van der Waals surface area (Å²) in [6.07, 6.45) is 1.09. The fraction of sp³-hybridized carbons (Fsp3) is 0.278. The third kappa shape index (κ3) is 5.04. The lowest BCUT2D eigenvalue weighted by Crippen LogP contribution is -2.45. The molecule has 0 fully saturated rings. The van der Waals surface area contributed by atoms with Crippen molar-refractivity contribution >= 4 is 27.3 Å². The van der Waals surface area contributed by atoms with Crippen LogP contribution >= 0.6 is 0 Å². The van der Waals surface area contributed by atoms with Gasteiger partial charge in [0.05, 0.1) is 18.6 Å². The summed E-state index contributed by atoms with van der Waals surface area (Å²) < 4.78 is 30.6.